The highest BCUT2D eigenvalue weighted by atomic mass is 35.5. The molecule has 0 saturated heterocycles. The second-order valence-electron chi connectivity index (χ2n) is 6.86. The van der Waals surface area contributed by atoms with E-state index in [9.17, 15) is 18.3 Å². The van der Waals surface area contributed by atoms with Gasteiger partial charge < -0.3 is 9.84 Å². The molecule has 0 unspecified atom stereocenters. The molecular weight excluding hydrogens is 438 g/mol. The maximum absolute atomic E-state index is 13.5. The quantitative estimate of drug-likeness (QED) is 0.603. The summed E-state index contributed by atoms with van der Waals surface area (Å²) in [6.07, 6.45) is 0. The normalized spacial score (nSPS) is 16.6. The fraction of sp³-hybridized carbons (Fsp3) is 0.0870. The molecule has 31 heavy (non-hydrogen) atoms. The Hall–Kier alpha value is -3.29. The van der Waals surface area contributed by atoms with Crippen molar-refractivity contribution in [3.63, 3.8) is 0 Å². The molecule has 0 bridgehead atoms. The lowest BCUT2D eigenvalue weighted by molar-refractivity contribution is -0.117. The molecule has 1 amide bonds. The van der Waals surface area contributed by atoms with Crippen molar-refractivity contribution in [2.75, 3.05) is 12.0 Å². The standard InChI is InChI=1S/C23H18ClNO5S/c1-30-18-13-7-15(8-14-18)20-22(31(28,29)19-5-3-2-4-6-19)21(26)23(27)25(20)17-11-9-16(24)10-12-17/h2-14,20,26H,1H3/t20-/m0/s1. The molecule has 1 aliphatic rings. The molecule has 1 heterocycles. The molecule has 3 aromatic carbocycles. The van der Waals surface area contributed by atoms with E-state index in [1.54, 1.807) is 66.7 Å². The summed E-state index contributed by atoms with van der Waals surface area (Å²) in [4.78, 5) is 14.0. The van der Waals surface area contributed by atoms with Gasteiger partial charge in [0.25, 0.3) is 5.91 Å². The lowest BCUT2D eigenvalue weighted by Crippen LogP contribution is -2.31. The van der Waals surface area contributed by atoms with Gasteiger partial charge in [0, 0.05) is 10.7 Å². The zero-order valence-corrected chi connectivity index (χ0v) is 18.0. The monoisotopic (exact) mass is 455 g/mol. The molecule has 4 rings (SSSR count). The van der Waals surface area contributed by atoms with Crippen LogP contribution < -0.4 is 9.64 Å². The van der Waals surface area contributed by atoms with Crippen LogP contribution in [0.5, 0.6) is 5.75 Å². The number of sulfone groups is 1. The fourth-order valence-corrected chi connectivity index (χ4v) is 5.31. The summed E-state index contributed by atoms with van der Waals surface area (Å²) in [5.74, 6) is -1.04. The molecule has 6 nitrogen and oxygen atoms in total. The highest BCUT2D eigenvalue weighted by Gasteiger charge is 2.47. The van der Waals surface area contributed by atoms with Crippen LogP contribution in [0.2, 0.25) is 5.02 Å². The van der Waals surface area contributed by atoms with E-state index >= 15 is 0 Å². The van der Waals surface area contributed by atoms with E-state index in [1.165, 1.54) is 24.1 Å². The molecule has 0 spiro atoms. The number of rotatable bonds is 5. The number of methoxy groups -OCH3 is 1. The van der Waals surface area contributed by atoms with Crippen LogP contribution >= 0.6 is 11.6 Å². The van der Waals surface area contributed by atoms with Crippen molar-refractivity contribution >= 4 is 33.0 Å². The summed E-state index contributed by atoms with van der Waals surface area (Å²) in [6.45, 7) is 0. The first kappa shape index (κ1) is 21.0. The van der Waals surface area contributed by atoms with Gasteiger partial charge in [-0.1, -0.05) is 41.9 Å². The second-order valence-corrected chi connectivity index (χ2v) is 9.21. The van der Waals surface area contributed by atoms with Gasteiger partial charge in [-0.3, -0.25) is 9.69 Å². The summed E-state index contributed by atoms with van der Waals surface area (Å²) >= 11 is 5.98. The number of benzene rings is 3. The van der Waals surface area contributed by atoms with Crippen LogP contribution in [0.15, 0.2) is 94.4 Å². The van der Waals surface area contributed by atoms with Crippen LogP contribution in [0.3, 0.4) is 0 Å². The molecule has 8 heteroatoms. The van der Waals surface area contributed by atoms with Gasteiger partial charge in [-0.15, -0.1) is 0 Å². The smallest absolute Gasteiger partial charge is 0.295 e. The molecule has 1 atom stereocenters. The van der Waals surface area contributed by atoms with Gasteiger partial charge in [0.1, 0.15) is 16.7 Å². The van der Waals surface area contributed by atoms with Crippen molar-refractivity contribution in [1.29, 1.82) is 0 Å². The first-order valence-electron chi connectivity index (χ1n) is 9.31. The predicted octanol–water partition coefficient (Wildman–Crippen LogP) is 4.68. The van der Waals surface area contributed by atoms with Gasteiger partial charge in [-0.25, -0.2) is 8.42 Å². The number of hydrogen-bond donors (Lipinski definition) is 1. The van der Waals surface area contributed by atoms with Gasteiger partial charge in [0.05, 0.1) is 12.0 Å². The van der Waals surface area contributed by atoms with Gasteiger partial charge in [-0.05, 0) is 54.1 Å². The van der Waals surface area contributed by atoms with Crippen LogP contribution in [-0.2, 0) is 14.6 Å². The van der Waals surface area contributed by atoms with Gasteiger partial charge in [0.15, 0.2) is 5.76 Å². The van der Waals surface area contributed by atoms with Crippen LogP contribution in [0, 0.1) is 0 Å². The first-order chi connectivity index (χ1) is 14.8. The van der Waals surface area contributed by atoms with Crippen molar-refractivity contribution in [2.24, 2.45) is 0 Å². The molecule has 0 aromatic heterocycles. The average Bonchev–Trinajstić information content (AvgIpc) is 3.06. The lowest BCUT2D eigenvalue weighted by Gasteiger charge is -2.27. The molecule has 1 N–H and O–H groups in total. The molecule has 0 saturated carbocycles. The Bertz CT molecular complexity index is 1250. The Morgan fingerprint density at radius 1 is 0.935 bits per heavy atom. The zero-order valence-electron chi connectivity index (χ0n) is 16.4. The highest BCUT2D eigenvalue weighted by Crippen LogP contribution is 2.45. The van der Waals surface area contributed by atoms with Crippen molar-refractivity contribution < 1.29 is 23.1 Å². The number of hydrogen-bond acceptors (Lipinski definition) is 5. The Morgan fingerprint density at radius 3 is 2.13 bits per heavy atom. The van der Waals surface area contributed by atoms with Crippen molar-refractivity contribution in [3.8, 4) is 5.75 Å². The summed E-state index contributed by atoms with van der Waals surface area (Å²) < 4.78 is 32.2. The summed E-state index contributed by atoms with van der Waals surface area (Å²) in [5, 5.41) is 11.2. The maximum atomic E-state index is 13.5. The Kier molecular flexibility index (Phi) is 5.47. The van der Waals surface area contributed by atoms with Crippen LogP contribution in [0.1, 0.15) is 11.6 Å². The molecule has 3 aromatic rings. The number of carbonyl (C=O) groups is 1. The fourth-order valence-electron chi connectivity index (χ4n) is 3.54. The number of aliphatic hydroxyl groups excluding tert-OH is 1. The van der Waals surface area contributed by atoms with E-state index in [2.05, 4.69) is 0 Å². The van der Waals surface area contributed by atoms with E-state index in [0.29, 0.717) is 22.0 Å². The number of ether oxygens (including phenoxy) is 1. The van der Waals surface area contributed by atoms with E-state index in [4.69, 9.17) is 16.3 Å². The van der Waals surface area contributed by atoms with Crippen LogP contribution in [0.4, 0.5) is 5.69 Å². The molecule has 0 aliphatic carbocycles. The van der Waals surface area contributed by atoms with Crippen LogP contribution in [-0.4, -0.2) is 26.5 Å². The molecule has 158 valence electrons. The van der Waals surface area contributed by atoms with E-state index in [0.717, 1.165) is 0 Å². The van der Waals surface area contributed by atoms with Gasteiger partial charge >= 0.3 is 0 Å². The second kappa shape index (κ2) is 8.09. The summed E-state index contributed by atoms with van der Waals surface area (Å²) in [7, 11) is -2.65. The van der Waals surface area contributed by atoms with Crippen molar-refractivity contribution in [1.82, 2.24) is 0 Å². The predicted molar refractivity (Wildman–Crippen MR) is 118 cm³/mol. The Balaban J connectivity index is 1.93. The summed E-state index contributed by atoms with van der Waals surface area (Å²) in [5.41, 5.74) is 0.905. The highest BCUT2D eigenvalue weighted by molar-refractivity contribution is 7.95. The third kappa shape index (κ3) is 3.66. The number of amides is 1. The number of halogens is 1. The first-order valence-corrected chi connectivity index (χ1v) is 11.2. The molecule has 1 aliphatic heterocycles. The number of anilines is 1. The summed E-state index contributed by atoms with van der Waals surface area (Å²) in [6, 6.07) is 19.7. The maximum Gasteiger partial charge on any atom is 0.295 e. The van der Waals surface area contributed by atoms with Crippen molar-refractivity contribution in [2.45, 2.75) is 10.9 Å². The minimum Gasteiger partial charge on any atom is -0.502 e. The Labute approximate surface area is 184 Å². The SMILES string of the molecule is COc1ccc([C@H]2C(S(=O)(=O)c3ccccc3)=C(O)C(=O)N2c2ccc(Cl)cc2)cc1. The van der Waals surface area contributed by atoms with E-state index < -0.39 is 27.5 Å². The number of aliphatic hydroxyl groups is 1. The molecular formula is C23H18ClNO5S. The van der Waals surface area contributed by atoms with Crippen molar-refractivity contribution in [3.05, 3.63) is 100 Å². The minimum atomic E-state index is -4.17. The number of nitrogens with zero attached hydrogens (tertiary/aromatic N) is 1. The molecule has 0 radical (unpaired) electrons. The van der Waals surface area contributed by atoms with Crippen LogP contribution in [0.25, 0.3) is 0 Å². The zero-order chi connectivity index (χ0) is 22.2. The lowest BCUT2D eigenvalue weighted by atomic mass is 10.1. The number of carbonyl (C=O) groups excluding carboxylic acids is 1. The largest absolute Gasteiger partial charge is 0.502 e. The topological polar surface area (TPSA) is 83.9 Å². The average molecular weight is 456 g/mol. The third-order valence-electron chi connectivity index (χ3n) is 5.04. The Morgan fingerprint density at radius 2 is 1.55 bits per heavy atom. The van der Waals surface area contributed by atoms with Gasteiger partial charge in [0.2, 0.25) is 9.84 Å². The van der Waals surface area contributed by atoms with Gasteiger partial charge in [-0.2, -0.15) is 0 Å². The van der Waals surface area contributed by atoms with E-state index in [1.807, 2.05) is 0 Å². The van der Waals surface area contributed by atoms with E-state index in [-0.39, 0.29) is 9.80 Å². The minimum absolute atomic E-state index is 0.0131. The molecule has 0 fully saturated rings. The third-order valence-corrected chi connectivity index (χ3v) is 7.18.